The number of ether oxygens (including phenoxy) is 1. The monoisotopic (exact) mass is 342 g/mol. The largest absolute Gasteiger partial charge is 0.445 e. The minimum absolute atomic E-state index is 0.0608. The number of hydrogen-bond acceptors (Lipinski definition) is 4. The first-order valence-corrected chi connectivity index (χ1v) is 8.29. The molecule has 0 aliphatic carbocycles. The summed E-state index contributed by atoms with van der Waals surface area (Å²) in [5.41, 5.74) is 8.06. The van der Waals surface area contributed by atoms with Gasteiger partial charge in [-0.05, 0) is 11.5 Å². The Kier molecular flexibility index (Phi) is 4.74. The maximum atomic E-state index is 12.8. The summed E-state index contributed by atoms with van der Waals surface area (Å²) in [7, 11) is 0. The number of aromatic nitrogens is 2. The minimum Gasteiger partial charge on any atom is -0.445 e. The van der Waals surface area contributed by atoms with Crippen LogP contribution in [-0.2, 0) is 22.6 Å². The van der Waals surface area contributed by atoms with Crippen LogP contribution >= 0.6 is 0 Å². The van der Waals surface area contributed by atoms with E-state index >= 15 is 0 Å². The van der Waals surface area contributed by atoms with Crippen LogP contribution in [0.2, 0.25) is 0 Å². The number of hydrogen-bond donors (Lipinski definition) is 2. The van der Waals surface area contributed by atoms with Crippen molar-refractivity contribution in [2.45, 2.75) is 39.0 Å². The minimum atomic E-state index is -0.772. The molecule has 1 unspecified atom stereocenters. The molecule has 1 aliphatic heterocycles. The number of fused-ring (bicyclic) bond motifs is 1. The first-order chi connectivity index (χ1) is 12.0. The van der Waals surface area contributed by atoms with Crippen molar-refractivity contribution in [1.82, 2.24) is 14.9 Å². The third-order valence-electron chi connectivity index (χ3n) is 4.45. The van der Waals surface area contributed by atoms with Crippen LogP contribution in [0.15, 0.2) is 36.7 Å². The highest BCUT2D eigenvalue weighted by Crippen LogP contribution is 2.36. The summed E-state index contributed by atoms with van der Waals surface area (Å²) in [5.74, 6) is -0.499. The van der Waals surface area contributed by atoms with Gasteiger partial charge in [0.05, 0.1) is 23.8 Å². The van der Waals surface area contributed by atoms with Gasteiger partial charge in [-0.15, -0.1) is 0 Å². The first kappa shape index (κ1) is 17.0. The maximum Gasteiger partial charge on any atom is 0.411 e. The van der Waals surface area contributed by atoms with Gasteiger partial charge in [-0.25, -0.2) is 9.78 Å². The molecule has 1 aromatic carbocycles. The van der Waals surface area contributed by atoms with Crippen LogP contribution in [0.3, 0.4) is 0 Å². The molecule has 1 aromatic heterocycles. The number of carbonyl (C=O) groups is 2. The van der Waals surface area contributed by atoms with Crippen molar-refractivity contribution in [1.29, 1.82) is 0 Å². The highest BCUT2D eigenvalue weighted by Gasteiger charge is 2.43. The van der Waals surface area contributed by atoms with E-state index < -0.39 is 18.0 Å². The fourth-order valence-electron chi connectivity index (χ4n) is 3.29. The number of H-pyrrole nitrogens is 1. The molecule has 2 aromatic rings. The molecule has 3 rings (SSSR count). The lowest BCUT2D eigenvalue weighted by molar-refractivity contribution is -0.124. The van der Waals surface area contributed by atoms with Crippen LogP contribution < -0.4 is 5.73 Å². The zero-order chi connectivity index (χ0) is 18.0. The molecule has 0 saturated heterocycles. The van der Waals surface area contributed by atoms with Gasteiger partial charge in [0.2, 0.25) is 5.91 Å². The van der Waals surface area contributed by atoms with Crippen molar-refractivity contribution in [2.75, 3.05) is 0 Å². The lowest BCUT2D eigenvalue weighted by Gasteiger charge is -2.41. The van der Waals surface area contributed by atoms with Crippen LogP contribution in [0.1, 0.15) is 36.8 Å². The van der Waals surface area contributed by atoms with Crippen LogP contribution in [0, 0.1) is 5.92 Å². The Labute approximate surface area is 146 Å². The number of carbonyl (C=O) groups excluding carboxylic acids is 2. The average Bonchev–Trinajstić information content (AvgIpc) is 3.06. The molecule has 0 spiro atoms. The second kappa shape index (κ2) is 6.96. The summed E-state index contributed by atoms with van der Waals surface area (Å²) in [6.07, 6.45) is 1.32. The van der Waals surface area contributed by atoms with Crippen molar-refractivity contribution < 1.29 is 14.3 Å². The Hall–Kier alpha value is -2.83. The zero-order valence-corrected chi connectivity index (χ0v) is 14.3. The Bertz CT molecular complexity index is 757. The molecule has 1 aliphatic rings. The zero-order valence-electron chi connectivity index (χ0n) is 14.3. The molecule has 0 radical (unpaired) electrons. The number of imidazole rings is 1. The lowest BCUT2D eigenvalue weighted by Crippen LogP contribution is -2.54. The Morgan fingerprint density at radius 2 is 2.08 bits per heavy atom. The van der Waals surface area contributed by atoms with Crippen LogP contribution in [0.25, 0.3) is 0 Å². The van der Waals surface area contributed by atoms with E-state index in [1.807, 2.05) is 44.2 Å². The molecule has 7 heteroatoms. The average molecular weight is 342 g/mol. The molecular weight excluding hydrogens is 320 g/mol. The Morgan fingerprint density at radius 1 is 1.36 bits per heavy atom. The predicted octanol–water partition coefficient (Wildman–Crippen LogP) is 2.16. The fourth-order valence-corrected chi connectivity index (χ4v) is 3.29. The quantitative estimate of drug-likeness (QED) is 0.889. The van der Waals surface area contributed by atoms with E-state index in [9.17, 15) is 9.59 Å². The van der Waals surface area contributed by atoms with Crippen molar-refractivity contribution >= 4 is 12.0 Å². The van der Waals surface area contributed by atoms with E-state index in [1.54, 1.807) is 6.33 Å². The van der Waals surface area contributed by atoms with Gasteiger partial charge in [0.15, 0.2) is 0 Å². The number of amides is 2. The SMILES string of the molecule is CC(C)C1c2[nH]cnc2C[C@@H](C(N)=O)N1C(=O)OCc1ccccc1. The molecule has 0 fully saturated rings. The summed E-state index contributed by atoms with van der Waals surface area (Å²) >= 11 is 0. The van der Waals surface area contributed by atoms with E-state index in [1.165, 1.54) is 4.90 Å². The van der Waals surface area contributed by atoms with Gasteiger partial charge >= 0.3 is 6.09 Å². The van der Waals surface area contributed by atoms with Crippen LogP contribution in [-0.4, -0.2) is 32.9 Å². The van der Waals surface area contributed by atoms with E-state index in [0.29, 0.717) is 0 Å². The maximum absolute atomic E-state index is 12.8. The third-order valence-corrected chi connectivity index (χ3v) is 4.45. The lowest BCUT2D eigenvalue weighted by atomic mass is 9.89. The van der Waals surface area contributed by atoms with Gasteiger partial charge in [-0.2, -0.15) is 0 Å². The predicted molar refractivity (Wildman–Crippen MR) is 91.3 cm³/mol. The molecule has 25 heavy (non-hydrogen) atoms. The molecule has 2 atom stereocenters. The summed E-state index contributed by atoms with van der Waals surface area (Å²) in [5, 5.41) is 0. The Morgan fingerprint density at radius 3 is 2.72 bits per heavy atom. The topological polar surface area (TPSA) is 101 Å². The second-order valence-corrected chi connectivity index (χ2v) is 6.52. The molecule has 0 bridgehead atoms. The number of nitrogens with one attached hydrogen (secondary N) is 1. The van der Waals surface area contributed by atoms with Gasteiger partial charge in [-0.3, -0.25) is 9.69 Å². The van der Waals surface area contributed by atoms with Crippen LogP contribution in [0.5, 0.6) is 0 Å². The van der Waals surface area contributed by atoms with Gasteiger partial charge in [0.25, 0.3) is 0 Å². The van der Waals surface area contributed by atoms with E-state index in [0.717, 1.165) is 17.0 Å². The molecular formula is C18H22N4O3. The van der Waals surface area contributed by atoms with Crippen molar-refractivity contribution in [3.05, 3.63) is 53.6 Å². The van der Waals surface area contributed by atoms with Gasteiger partial charge in [0.1, 0.15) is 12.6 Å². The summed E-state index contributed by atoms with van der Waals surface area (Å²) in [6, 6.07) is 8.30. The summed E-state index contributed by atoms with van der Waals surface area (Å²) in [6.45, 7) is 4.11. The van der Waals surface area contributed by atoms with Gasteiger partial charge < -0.3 is 15.5 Å². The van der Waals surface area contributed by atoms with Crippen molar-refractivity contribution in [2.24, 2.45) is 11.7 Å². The standard InChI is InChI=1S/C18H22N4O3/c1-11(2)16-15-13(20-10-21-15)8-14(17(19)23)22(16)18(24)25-9-12-6-4-3-5-7-12/h3-7,10-11,14,16H,8-9H2,1-2H3,(H2,19,23)(H,20,21)/t14-,16?/m0/s1. The van der Waals surface area contributed by atoms with E-state index in [2.05, 4.69) is 9.97 Å². The number of rotatable bonds is 4. The van der Waals surface area contributed by atoms with E-state index in [4.69, 9.17) is 10.5 Å². The summed E-state index contributed by atoms with van der Waals surface area (Å²) < 4.78 is 5.46. The Balaban J connectivity index is 1.86. The third kappa shape index (κ3) is 3.35. The molecule has 7 nitrogen and oxygen atoms in total. The number of nitrogens with zero attached hydrogens (tertiary/aromatic N) is 2. The second-order valence-electron chi connectivity index (χ2n) is 6.52. The smallest absolute Gasteiger partial charge is 0.411 e. The van der Waals surface area contributed by atoms with Crippen molar-refractivity contribution in [3.63, 3.8) is 0 Å². The molecule has 0 saturated carbocycles. The van der Waals surface area contributed by atoms with Gasteiger partial charge in [-0.1, -0.05) is 44.2 Å². The summed E-state index contributed by atoms with van der Waals surface area (Å²) in [4.78, 5) is 33.6. The van der Waals surface area contributed by atoms with Crippen LogP contribution in [0.4, 0.5) is 4.79 Å². The van der Waals surface area contributed by atoms with Crippen molar-refractivity contribution in [3.8, 4) is 0 Å². The first-order valence-electron chi connectivity index (χ1n) is 8.29. The fraction of sp³-hybridized carbons (Fsp3) is 0.389. The van der Waals surface area contributed by atoms with E-state index in [-0.39, 0.29) is 25.0 Å². The molecule has 2 amide bonds. The molecule has 132 valence electrons. The number of aromatic amines is 1. The highest BCUT2D eigenvalue weighted by molar-refractivity contribution is 5.85. The highest BCUT2D eigenvalue weighted by atomic mass is 16.6. The number of nitrogens with two attached hydrogens (primary N) is 1. The number of benzene rings is 1. The molecule has 2 heterocycles. The molecule has 3 N–H and O–H groups in total. The normalized spacial score (nSPS) is 19.6. The van der Waals surface area contributed by atoms with Gasteiger partial charge in [0, 0.05) is 6.42 Å². The number of primary amides is 1.